The maximum Gasteiger partial charge on any atom is 0.229 e. The molecule has 0 aromatic heterocycles. The standard InChI is InChI=1S/C12H15BrN2O2/c1-7-9(4-5-14-7)12(17)15-10-6-8(13)2-3-11(10)16/h2-3,6-7,9,14,16H,4-5H2,1H3,(H,15,17). The Kier molecular flexibility index (Phi) is 3.69. The van der Waals surface area contributed by atoms with Gasteiger partial charge in [-0.2, -0.15) is 0 Å². The van der Waals surface area contributed by atoms with Crippen LogP contribution >= 0.6 is 15.9 Å². The summed E-state index contributed by atoms with van der Waals surface area (Å²) < 4.78 is 0.822. The molecule has 2 unspecified atom stereocenters. The minimum atomic E-state index is -0.0455. The third kappa shape index (κ3) is 2.79. The Labute approximate surface area is 109 Å². The zero-order valence-corrected chi connectivity index (χ0v) is 11.1. The fourth-order valence-corrected chi connectivity index (χ4v) is 2.41. The van der Waals surface area contributed by atoms with Gasteiger partial charge in [-0.15, -0.1) is 0 Å². The smallest absolute Gasteiger partial charge is 0.229 e. The molecule has 0 spiro atoms. The number of hydrogen-bond acceptors (Lipinski definition) is 3. The number of hydrogen-bond donors (Lipinski definition) is 3. The average Bonchev–Trinajstić information content (AvgIpc) is 2.70. The lowest BCUT2D eigenvalue weighted by Crippen LogP contribution is -2.32. The number of phenolic OH excluding ortho intramolecular Hbond substituents is 1. The van der Waals surface area contributed by atoms with E-state index in [-0.39, 0.29) is 23.6 Å². The summed E-state index contributed by atoms with van der Waals surface area (Å²) in [4.78, 5) is 12.0. The Hall–Kier alpha value is -1.07. The number of aromatic hydroxyl groups is 1. The van der Waals surface area contributed by atoms with Crippen molar-refractivity contribution in [1.82, 2.24) is 5.32 Å². The molecule has 2 atom stereocenters. The summed E-state index contributed by atoms with van der Waals surface area (Å²) in [6.07, 6.45) is 0.835. The van der Waals surface area contributed by atoms with Gasteiger partial charge in [-0.1, -0.05) is 15.9 Å². The molecule has 1 aromatic carbocycles. The average molecular weight is 299 g/mol. The van der Waals surface area contributed by atoms with Crippen LogP contribution in [0, 0.1) is 5.92 Å². The highest BCUT2D eigenvalue weighted by atomic mass is 79.9. The van der Waals surface area contributed by atoms with Crippen molar-refractivity contribution in [2.75, 3.05) is 11.9 Å². The van der Waals surface area contributed by atoms with Crippen LogP contribution in [0.5, 0.6) is 5.75 Å². The lowest BCUT2D eigenvalue weighted by Gasteiger charge is -2.15. The van der Waals surface area contributed by atoms with E-state index in [4.69, 9.17) is 0 Å². The number of nitrogens with one attached hydrogen (secondary N) is 2. The molecular formula is C12H15BrN2O2. The van der Waals surface area contributed by atoms with Crippen molar-refractivity contribution in [2.45, 2.75) is 19.4 Å². The second kappa shape index (κ2) is 5.06. The first-order valence-electron chi connectivity index (χ1n) is 5.60. The van der Waals surface area contributed by atoms with Crippen LogP contribution in [0.1, 0.15) is 13.3 Å². The molecule has 1 aliphatic rings. The fourth-order valence-electron chi connectivity index (χ4n) is 2.05. The molecule has 1 aromatic rings. The first kappa shape index (κ1) is 12.4. The molecule has 4 nitrogen and oxygen atoms in total. The van der Waals surface area contributed by atoms with Crippen molar-refractivity contribution in [3.63, 3.8) is 0 Å². The van der Waals surface area contributed by atoms with Gasteiger partial charge in [0.25, 0.3) is 0 Å². The van der Waals surface area contributed by atoms with E-state index in [1.54, 1.807) is 18.2 Å². The SMILES string of the molecule is CC1NCCC1C(=O)Nc1cc(Br)ccc1O. The minimum absolute atomic E-state index is 0.0339. The molecule has 92 valence electrons. The Morgan fingerprint density at radius 1 is 1.59 bits per heavy atom. The predicted octanol–water partition coefficient (Wildman–Crippen LogP) is 2.09. The number of benzene rings is 1. The summed E-state index contributed by atoms with van der Waals surface area (Å²) in [7, 11) is 0. The molecule has 1 saturated heterocycles. The molecule has 1 amide bonds. The summed E-state index contributed by atoms with van der Waals surface area (Å²) in [5.74, 6) is 0.00411. The van der Waals surface area contributed by atoms with Gasteiger partial charge in [0.15, 0.2) is 0 Å². The van der Waals surface area contributed by atoms with Gasteiger partial charge in [0.2, 0.25) is 5.91 Å². The number of carbonyl (C=O) groups is 1. The molecule has 2 rings (SSSR count). The summed E-state index contributed by atoms with van der Waals surface area (Å²) in [6, 6.07) is 5.16. The zero-order chi connectivity index (χ0) is 12.4. The number of anilines is 1. The Balaban J connectivity index is 2.10. The molecule has 3 N–H and O–H groups in total. The first-order valence-corrected chi connectivity index (χ1v) is 6.40. The number of amides is 1. The highest BCUT2D eigenvalue weighted by Crippen LogP contribution is 2.28. The van der Waals surface area contributed by atoms with Gasteiger partial charge in [-0.3, -0.25) is 4.79 Å². The van der Waals surface area contributed by atoms with E-state index in [0.29, 0.717) is 5.69 Å². The number of carbonyl (C=O) groups excluding carboxylic acids is 1. The van der Waals surface area contributed by atoms with Crippen LogP contribution in [0.15, 0.2) is 22.7 Å². The molecular weight excluding hydrogens is 284 g/mol. The van der Waals surface area contributed by atoms with Crippen molar-refractivity contribution in [3.8, 4) is 5.75 Å². The summed E-state index contributed by atoms with van der Waals surface area (Å²) in [5.41, 5.74) is 0.448. The monoisotopic (exact) mass is 298 g/mol. The molecule has 1 aliphatic heterocycles. The molecule has 0 saturated carbocycles. The van der Waals surface area contributed by atoms with Crippen molar-refractivity contribution in [3.05, 3.63) is 22.7 Å². The van der Waals surface area contributed by atoms with Crippen LogP contribution in [0.25, 0.3) is 0 Å². The largest absolute Gasteiger partial charge is 0.506 e. The van der Waals surface area contributed by atoms with E-state index >= 15 is 0 Å². The van der Waals surface area contributed by atoms with E-state index in [0.717, 1.165) is 17.4 Å². The topological polar surface area (TPSA) is 61.4 Å². The normalized spacial score (nSPS) is 23.6. The summed E-state index contributed by atoms with van der Waals surface area (Å²) in [6.45, 7) is 2.86. The van der Waals surface area contributed by atoms with E-state index in [1.165, 1.54) is 0 Å². The quantitative estimate of drug-likeness (QED) is 0.733. The molecule has 1 fully saturated rings. The number of phenols is 1. The van der Waals surface area contributed by atoms with E-state index in [9.17, 15) is 9.90 Å². The number of rotatable bonds is 2. The van der Waals surface area contributed by atoms with Crippen molar-refractivity contribution >= 4 is 27.5 Å². The lowest BCUT2D eigenvalue weighted by atomic mass is 10.0. The third-order valence-electron chi connectivity index (χ3n) is 3.08. The van der Waals surface area contributed by atoms with Gasteiger partial charge in [0.05, 0.1) is 11.6 Å². The zero-order valence-electron chi connectivity index (χ0n) is 9.53. The van der Waals surface area contributed by atoms with Gasteiger partial charge in [0, 0.05) is 10.5 Å². The highest BCUT2D eigenvalue weighted by molar-refractivity contribution is 9.10. The lowest BCUT2D eigenvalue weighted by molar-refractivity contribution is -0.120. The molecule has 5 heteroatoms. The van der Waals surface area contributed by atoms with E-state index < -0.39 is 0 Å². The van der Waals surface area contributed by atoms with Crippen LogP contribution in [0.4, 0.5) is 5.69 Å². The maximum atomic E-state index is 12.0. The predicted molar refractivity (Wildman–Crippen MR) is 70.0 cm³/mol. The van der Waals surface area contributed by atoms with Gasteiger partial charge in [-0.05, 0) is 38.1 Å². The van der Waals surface area contributed by atoms with Gasteiger partial charge in [-0.25, -0.2) is 0 Å². The fraction of sp³-hybridized carbons (Fsp3) is 0.417. The second-order valence-electron chi connectivity index (χ2n) is 4.29. The molecule has 17 heavy (non-hydrogen) atoms. The maximum absolute atomic E-state index is 12.0. The second-order valence-corrected chi connectivity index (χ2v) is 5.20. The van der Waals surface area contributed by atoms with Crippen LogP contribution < -0.4 is 10.6 Å². The summed E-state index contributed by atoms with van der Waals surface area (Å²) >= 11 is 3.31. The van der Waals surface area contributed by atoms with Gasteiger partial charge in [0.1, 0.15) is 5.75 Å². The third-order valence-corrected chi connectivity index (χ3v) is 3.57. The van der Waals surface area contributed by atoms with Crippen LogP contribution in [-0.2, 0) is 4.79 Å². The Morgan fingerprint density at radius 2 is 2.35 bits per heavy atom. The van der Waals surface area contributed by atoms with Crippen LogP contribution in [0.2, 0.25) is 0 Å². The molecule has 0 radical (unpaired) electrons. The van der Waals surface area contributed by atoms with Gasteiger partial charge < -0.3 is 15.7 Å². The Morgan fingerprint density at radius 3 is 3.00 bits per heavy atom. The van der Waals surface area contributed by atoms with Crippen molar-refractivity contribution in [1.29, 1.82) is 0 Å². The minimum Gasteiger partial charge on any atom is -0.506 e. The van der Waals surface area contributed by atoms with E-state index in [1.807, 2.05) is 6.92 Å². The van der Waals surface area contributed by atoms with E-state index in [2.05, 4.69) is 26.6 Å². The summed E-state index contributed by atoms with van der Waals surface area (Å²) in [5, 5.41) is 15.6. The van der Waals surface area contributed by atoms with Crippen LogP contribution in [-0.4, -0.2) is 23.6 Å². The Bertz CT molecular complexity index is 437. The first-order chi connectivity index (χ1) is 8.08. The molecule has 0 bridgehead atoms. The van der Waals surface area contributed by atoms with Crippen molar-refractivity contribution in [2.24, 2.45) is 5.92 Å². The van der Waals surface area contributed by atoms with Crippen molar-refractivity contribution < 1.29 is 9.90 Å². The number of halogens is 1. The molecule has 1 heterocycles. The highest BCUT2D eigenvalue weighted by Gasteiger charge is 2.29. The molecule has 0 aliphatic carbocycles. The van der Waals surface area contributed by atoms with Crippen LogP contribution in [0.3, 0.4) is 0 Å². The van der Waals surface area contributed by atoms with Gasteiger partial charge >= 0.3 is 0 Å².